The Bertz CT molecular complexity index is 667. The first kappa shape index (κ1) is 14.7. The van der Waals surface area contributed by atoms with Gasteiger partial charge >= 0.3 is 0 Å². The topological polar surface area (TPSA) is 55.2 Å². The van der Waals surface area contributed by atoms with Gasteiger partial charge in [0.05, 0.1) is 15.6 Å². The van der Waals surface area contributed by atoms with Crippen LogP contribution in [0.4, 0.5) is 15.8 Å². The van der Waals surface area contributed by atoms with E-state index < -0.39 is 10.7 Å². The van der Waals surface area contributed by atoms with Crippen LogP contribution >= 0.6 is 27.5 Å². The highest BCUT2D eigenvalue weighted by Crippen LogP contribution is 2.26. The maximum atomic E-state index is 13.7. The summed E-state index contributed by atoms with van der Waals surface area (Å²) in [5.41, 5.74) is 1.05. The van der Waals surface area contributed by atoms with E-state index in [1.165, 1.54) is 18.2 Å². The first-order valence-corrected chi connectivity index (χ1v) is 6.77. The maximum Gasteiger partial charge on any atom is 0.270 e. The number of rotatable bonds is 4. The van der Waals surface area contributed by atoms with Crippen molar-refractivity contribution < 1.29 is 9.31 Å². The van der Waals surface area contributed by atoms with E-state index in [1.807, 2.05) is 0 Å². The lowest BCUT2D eigenvalue weighted by molar-refractivity contribution is -0.384. The van der Waals surface area contributed by atoms with E-state index in [0.29, 0.717) is 11.0 Å². The Hall–Kier alpha value is -1.66. The van der Waals surface area contributed by atoms with Gasteiger partial charge in [0.25, 0.3) is 5.69 Å². The molecule has 2 aromatic rings. The van der Waals surface area contributed by atoms with Crippen LogP contribution in [0.25, 0.3) is 0 Å². The first-order chi connectivity index (χ1) is 9.49. The van der Waals surface area contributed by atoms with Crippen LogP contribution in [0, 0.1) is 15.9 Å². The second-order valence-electron chi connectivity index (χ2n) is 3.99. The van der Waals surface area contributed by atoms with E-state index in [9.17, 15) is 14.5 Å². The number of non-ortho nitro benzene ring substituents is 1. The average Bonchev–Trinajstić information content (AvgIpc) is 2.41. The average molecular weight is 360 g/mol. The molecule has 0 aliphatic heterocycles. The Kier molecular flexibility index (Phi) is 4.57. The number of hydrogen-bond donors (Lipinski definition) is 1. The fraction of sp³-hybridized carbons (Fsp3) is 0.0769. The summed E-state index contributed by atoms with van der Waals surface area (Å²) in [5, 5.41) is 13.6. The van der Waals surface area contributed by atoms with Crippen molar-refractivity contribution in [2.75, 3.05) is 5.32 Å². The summed E-state index contributed by atoms with van der Waals surface area (Å²) in [5.74, 6) is -0.521. The summed E-state index contributed by atoms with van der Waals surface area (Å²) >= 11 is 8.94. The van der Waals surface area contributed by atoms with Crippen LogP contribution in [0.5, 0.6) is 0 Å². The number of benzene rings is 2. The van der Waals surface area contributed by atoms with Crippen molar-refractivity contribution in [2.45, 2.75) is 6.54 Å². The number of nitrogens with one attached hydrogen (secondary N) is 1. The molecular weight excluding hydrogens is 351 g/mol. The van der Waals surface area contributed by atoms with Gasteiger partial charge in [-0.1, -0.05) is 33.6 Å². The third-order valence-corrected chi connectivity index (χ3v) is 3.70. The van der Waals surface area contributed by atoms with Gasteiger partial charge in [-0.25, -0.2) is 4.39 Å². The monoisotopic (exact) mass is 358 g/mol. The third-order valence-electron chi connectivity index (χ3n) is 2.67. The molecule has 0 saturated heterocycles. The Morgan fingerprint density at radius 2 is 2.10 bits per heavy atom. The van der Waals surface area contributed by atoms with E-state index in [-0.39, 0.29) is 16.4 Å². The van der Waals surface area contributed by atoms with Crippen LogP contribution in [0.3, 0.4) is 0 Å². The second kappa shape index (κ2) is 6.19. The van der Waals surface area contributed by atoms with Gasteiger partial charge in [0.1, 0.15) is 0 Å². The van der Waals surface area contributed by atoms with E-state index >= 15 is 0 Å². The molecule has 1 N–H and O–H groups in total. The van der Waals surface area contributed by atoms with Gasteiger partial charge in [0.2, 0.25) is 0 Å². The van der Waals surface area contributed by atoms with Crippen LogP contribution in [0.15, 0.2) is 40.9 Å². The minimum Gasteiger partial charge on any atom is -0.379 e. The van der Waals surface area contributed by atoms with Gasteiger partial charge in [0, 0.05) is 23.2 Å². The minimum absolute atomic E-state index is 0.00504. The van der Waals surface area contributed by atoms with Crippen molar-refractivity contribution in [3.05, 3.63) is 67.4 Å². The van der Waals surface area contributed by atoms with Crippen molar-refractivity contribution in [2.24, 2.45) is 0 Å². The largest absolute Gasteiger partial charge is 0.379 e. The highest BCUT2D eigenvalue weighted by Gasteiger charge is 2.10. The molecule has 0 aliphatic rings. The molecule has 0 bridgehead atoms. The standard InChI is InChI=1S/C13H9BrClFN2O2/c14-10-6-9(18(19)20)5-4-8(10)7-17-12-3-1-2-11(15)13(12)16/h1-6,17H,7H2. The Morgan fingerprint density at radius 3 is 2.75 bits per heavy atom. The molecule has 0 heterocycles. The highest BCUT2D eigenvalue weighted by atomic mass is 79.9. The highest BCUT2D eigenvalue weighted by molar-refractivity contribution is 9.10. The molecule has 4 nitrogen and oxygen atoms in total. The summed E-state index contributed by atoms with van der Waals surface area (Å²) < 4.78 is 14.3. The molecule has 20 heavy (non-hydrogen) atoms. The number of nitro benzene ring substituents is 1. The van der Waals surface area contributed by atoms with Crippen LogP contribution < -0.4 is 5.32 Å². The zero-order valence-corrected chi connectivity index (χ0v) is 12.4. The number of nitro groups is 1. The molecule has 2 aromatic carbocycles. The lowest BCUT2D eigenvalue weighted by Crippen LogP contribution is -2.02. The summed E-state index contributed by atoms with van der Waals surface area (Å²) in [6.45, 7) is 0.315. The molecule has 0 aromatic heterocycles. The van der Waals surface area contributed by atoms with Crippen molar-refractivity contribution >= 4 is 38.9 Å². The molecule has 7 heteroatoms. The predicted octanol–water partition coefficient (Wildman–Crippen LogP) is 4.76. The quantitative estimate of drug-likeness (QED) is 0.632. The summed E-state index contributed by atoms with van der Waals surface area (Å²) in [4.78, 5) is 10.2. The van der Waals surface area contributed by atoms with Gasteiger partial charge in [-0.2, -0.15) is 0 Å². The number of anilines is 1. The molecule has 0 saturated carbocycles. The third kappa shape index (κ3) is 3.26. The molecule has 0 amide bonds. The summed E-state index contributed by atoms with van der Waals surface area (Å²) in [7, 11) is 0. The van der Waals surface area contributed by atoms with E-state index in [0.717, 1.165) is 5.56 Å². The predicted molar refractivity (Wildman–Crippen MR) is 79.5 cm³/mol. The second-order valence-corrected chi connectivity index (χ2v) is 5.25. The van der Waals surface area contributed by atoms with E-state index in [1.54, 1.807) is 18.2 Å². The first-order valence-electron chi connectivity index (χ1n) is 5.59. The normalized spacial score (nSPS) is 10.3. The SMILES string of the molecule is O=[N+]([O-])c1ccc(CNc2cccc(Cl)c2F)c(Br)c1. The van der Waals surface area contributed by atoms with Gasteiger partial charge in [-0.3, -0.25) is 10.1 Å². The fourth-order valence-corrected chi connectivity index (χ4v) is 2.31. The van der Waals surface area contributed by atoms with Crippen molar-refractivity contribution in [3.8, 4) is 0 Å². The number of nitrogens with zero attached hydrogens (tertiary/aromatic N) is 1. The Balaban J connectivity index is 2.15. The summed E-state index contributed by atoms with van der Waals surface area (Å²) in [6.07, 6.45) is 0. The zero-order valence-electron chi connectivity index (χ0n) is 10.1. The van der Waals surface area contributed by atoms with Gasteiger partial charge in [0.15, 0.2) is 5.82 Å². The number of hydrogen-bond acceptors (Lipinski definition) is 3. The van der Waals surface area contributed by atoms with Gasteiger partial charge in [-0.05, 0) is 23.8 Å². The molecule has 0 aliphatic carbocycles. The lowest BCUT2D eigenvalue weighted by Gasteiger charge is -2.09. The molecule has 0 unspecified atom stereocenters. The van der Waals surface area contributed by atoms with Gasteiger partial charge < -0.3 is 5.32 Å². The number of halogens is 3. The van der Waals surface area contributed by atoms with Crippen molar-refractivity contribution in [3.63, 3.8) is 0 Å². The molecule has 104 valence electrons. The molecule has 0 atom stereocenters. The molecule has 0 radical (unpaired) electrons. The van der Waals surface area contributed by atoms with Gasteiger partial charge in [-0.15, -0.1) is 0 Å². The van der Waals surface area contributed by atoms with E-state index in [2.05, 4.69) is 21.2 Å². The molecular formula is C13H9BrClFN2O2. The van der Waals surface area contributed by atoms with Crippen molar-refractivity contribution in [1.82, 2.24) is 0 Å². The van der Waals surface area contributed by atoms with E-state index in [4.69, 9.17) is 11.6 Å². The Morgan fingerprint density at radius 1 is 1.35 bits per heavy atom. The minimum atomic E-state index is -0.521. The van der Waals surface area contributed by atoms with Crippen LogP contribution in [-0.4, -0.2) is 4.92 Å². The zero-order chi connectivity index (χ0) is 14.7. The summed E-state index contributed by atoms with van der Waals surface area (Å²) in [6, 6.07) is 9.09. The van der Waals surface area contributed by atoms with Crippen molar-refractivity contribution in [1.29, 1.82) is 0 Å². The van der Waals surface area contributed by atoms with Crippen LogP contribution in [-0.2, 0) is 6.54 Å². The Labute approximate surface area is 127 Å². The van der Waals surface area contributed by atoms with Crippen LogP contribution in [0.1, 0.15) is 5.56 Å². The van der Waals surface area contributed by atoms with Crippen LogP contribution in [0.2, 0.25) is 5.02 Å². The lowest BCUT2D eigenvalue weighted by atomic mass is 10.2. The molecule has 0 spiro atoms. The maximum absolute atomic E-state index is 13.7. The molecule has 2 rings (SSSR count). The fourth-order valence-electron chi connectivity index (χ4n) is 1.62. The molecule has 0 fully saturated rings. The smallest absolute Gasteiger partial charge is 0.270 e.